The second kappa shape index (κ2) is 7.24. The molecule has 3 nitrogen and oxygen atoms in total. The van der Waals surface area contributed by atoms with Gasteiger partial charge in [0.1, 0.15) is 0 Å². The summed E-state index contributed by atoms with van der Waals surface area (Å²) in [5, 5.41) is 5.73. The van der Waals surface area contributed by atoms with E-state index in [0.717, 1.165) is 32.8 Å². The zero-order valence-corrected chi connectivity index (χ0v) is 12.3. The highest BCUT2D eigenvalue weighted by Crippen LogP contribution is 2.25. The fourth-order valence-electron chi connectivity index (χ4n) is 2.51. The van der Waals surface area contributed by atoms with Crippen molar-refractivity contribution < 1.29 is 4.74 Å². The Kier molecular flexibility index (Phi) is 5.63. The van der Waals surface area contributed by atoms with Crippen molar-refractivity contribution in [1.29, 1.82) is 0 Å². The summed E-state index contributed by atoms with van der Waals surface area (Å²) in [6, 6.07) is 2.77. The monoisotopic (exact) mass is 268 g/mol. The summed E-state index contributed by atoms with van der Waals surface area (Å²) >= 11 is 1.90. The van der Waals surface area contributed by atoms with E-state index in [9.17, 15) is 0 Å². The Balaban J connectivity index is 1.90. The first kappa shape index (κ1) is 14.0. The van der Waals surface area contributed by atoms with Gasteiger partial charge >= 0.3 is 0 Å². The molecule has 0 bridgehead atoms. The first-order chi connectivity index (χ1) is 8.85. The lowest BCUT2D eigenvalue weighted by Gasteiger charge is -2.34. The molecule has 0 amide bonds. The SMILES string of the molecule is CCCNCC(COC)N1CCc2sccc2C1. The van der Waals surface area contributed by atoms with Gasteiger partial charge in [-0.1, -0.05) is 6.92 Å². The lowest BCUT2D eigenvalue weighted by atomic mass is 10.1. The largest absolute Gasteiger partial charge is 0.383 e. The Labute approximate surface area is 114 Å². The minimum Gasteiger partial charge on any atom is -0.383 e. The molecule has 4 heteroatoms. The van der Waals surface area contributed by atoms with Crippen molar-refractivity contribution in [3.8, 4) is 0 Å². The van der Waals surface area contributed by atoms with Gasteiger partial charge in [0.25, 0.3) is 0 Å². The van der Waals surface area contributed by atoms with E-state index in [2.05, 4.69) is 28.6 Å². The molecule has 2 rings (SSSR count). The number of thiophene rings is 1. The van der Waals surface area contributed by atoms with Gasteiger partial charge in [0.15, 0.2) is 0 Å². The van der Waals surface area contributed by atoms with Crippen LogP contribution in [0, 0.1) is 0 Å². The number of methoxy groups -OCH3 is 1. The summed E-state index contributed by atoms with van der Waals surface area (Å²) in [5.74, 6) is 0. The van der Waals surface area contributed by atoms with Gasteiger partial charge in [-0.3, -0.25) is 4.90 Å². The molecule has 1 unspecified atom stereocenters. The van der Waals surface area contributed by atoms with Crippen molar-refractivity contribution in [1.82, 2.24) is 10.2 Å². The average molecular weight is 268 g/mol. The predicted octanol–water partition coefficient (Wildman–Crippen LogP) is 2.12. The van der Waals surface area contributed by atoms with E-state index < -0.39 is 0 Å². The predicted molar refractivity (Wildman–Crippen MR) is 77.3 cm³/mol. The Morgan fingerprint density at radius 2 is 2.44 bits per heavy atom. The molecule has 1 aromatic rings. The smallest absolute Gasteiger partial charge is 0.0630 e. The number of ether oxygens (including phenoxy) is 1. The Bertz CT molecular complexity index is 353. The molecule has 0 fully saturated rings. The molecular weight excluding hydrogens is 244 g/mol. The van der Waals surface area contributed by atoms with Gasteiger partial charge in [-0.05, 0) is 36.4 Å². The van der Waals surface area contributed by atoms with Crippen molar-refractivity contribution in [2.75, 3.05) is 33.4 Å². The van der Waals surface area contributed by atoms with Crippen LogP contribution in [0.1, 0.15) is 23.8 Å². The van der Waals surface area contributed by atoms with Crippen molar-refractivity contribution in [2.45, 2.75) is 32.4 Å². The van der Waals surface area contributed by atoms with Gasteiger partial charge in [0, 0.05) is 37.7 Å². The zero-order chi connectivity index (χ0) is 12.8. The number of nitrogens with zero attached hydrogens (tertiary/aromatic N) is 1. The van der Waals surface area contributed by atoms with Gasteiger partial charge in [0.2, 0.25) is 0 Å². The van der Waals surface area contributed by atoms with Gasteiger partial charge in [-0.2, -0.15) is 0 Å². The van der Waals surface area contributed by atoms with E-state index in [1.807, 2.05) is 11.3 Å². The molecule has 0 saturated carbocycles. The minimum absolute atomic E-state index is 0.495. The summed E-state index contributed by atoms with van der Waals surface area (Å²) in [6.45, 7) is 7.39. The van der Waals surface area contributed by atoms with Gasteiger partial charge < -0.3 is 10.1 Å². The van der Waals surface area contributed by atoms with Crippen molar-refractivity contribution in [3.05, 3.63) is 21.9 Å². The van der Waals surface area contributed by atoms with E-state index >= 15 is 0 Å². The second-order valence-electron chi connectivity index (χ2n) is 4.90. The van der Waals surface area contributed by atoms with Gasteiger partial charge in [0.05, 0.1) is 6.61 Å². The maximum absolute atomic E-state index is 5.38. The van der Waals surface area contributed by atoms with E-state index in [0.29, 0.717) is 6.04 Å². The fraction of sp³-hybridized carbons (Fsp3) is 0.714. The van der Waals surface area contributed by atoms with Crippen LogP contribution in [0.3, 0.4) is 0 Å². The number of nitrogens with one attached hydrogen (secondary N) is 1. The van der Waals surface area contributed by atoms with Crippen LogP contribution >= 0.6 is 11.3 Å². The Morgan fingerprint density at radius 3 is 3.22 bits per heavy atom. The molecule has 0 saturated heterocycles. The van der Waals surface area contributed by atoms with Gasteiger partial charge in [-0.25, -0.2) is 0 Å². The zero-order valence-electron chi connectivity index (χ0n) is 11.4. The molecule has 0 aliphatic carbocycles. The summed E-state index contributed by atoms with van der Waals surface area (Å²) < 4.78 is 5.38. The van der Waals surface area contributed by atoms with Crippen LogP contribution in [0.2, 0.25) is 0 Å². The molecule has 18 heavy (non-hydrogen) atoms. The van der Waals surface area contributed by atoms with Gasteiger partial charge in [-0.15, -0.1) is 11.3 Å². The van der Waals surface area contributed by atoms with Crippen LogP contribution in [0.15, 0.2) is 11.4 Å². The molecule has 102 valence electrons. The third kappa shape index (κ3) is 3.54. The fourth-order valence-corrected chi connectivity index (χ4v) is 3.40. The Hall–Kier alpha value is -0.420. The van der Waals surface area contributed by atoms with Crippen molar-refractivity contribution in [3.63, 3.8) is 0 Å². The average Bonchev–Trinajstić information content (AvgIpc) is 2.85. The second-order valence-corrected chi connectivity index (χ2v) is 5.90. The van der Waals surface area contributed by atoms with E-state index in [1.54, 1.807) is 12.0 Å². The quantitative estimate of drug-likeness (QED) is 0.767. The van der Waals surface area contributed by atoms with Crippen LogP contribution in [0.5, 0.6) is 0 Å². The van der Waals surface area contributed by atoms with Crippen LogP contribution < -0.4 is 5.32 Å². The molecule has 1 N–H and O–H groups in total. The molecule has 1 aliphatic rings. The topological polar surface area (TPSA) is 24.5 Å². The number of fused-ring (bicyclic) bond motifs is 1. The first-order valence-corrected chi connectivity index (χ1v) is 7.72. The maximum atomic E-state index is 5.38. The first-order valence-electron chi connectivity index (χ1n) is 6.84. The van der Waals surface area contributed by atoms with E-state index in [4.69, 9.17) is 4.74 Å². The van der Waals surface area contributed by atoms with Crippen LogP contribution in [0.4, 0.5) is 0 Å². The van der Waals surface area contributed by atoms with Crippen LogP contribution in [0.25, 0.3) is 0 Å². The number of rotatable bonds is 7. The molecule has 0 aromatic carbocycles. The lowest BCUT2D eigenvalue weighted by molar-refractivity contribution is 0.0812. The highest BCUT2D eigenvalue weighted by molar-refractivity contribution is 7.10. The normalized spacial score (nSPS) is 17.7. The molecule has 0 radical (unpaired) electrons. The third-order valence-corrected chi connectivity index (χ3v) is 4.54. The number of hydrogen-bond acceptors (Lipinski definition) is 4. The summed E-state index contributed by atoms with van der Waals surface area (Å²) in [4.78, 5) is 4.13. The highest BCUT2D eigenvalue weighted by atomic mass is 32.1. The number of hydrogen-bond donors (Lipinski definition) is 1. The van der Waals surface area contributed by atoms with Crippen LogP contribution in [-0.2, 0) is 17.7 Å². The molecular formula is C14H24N2OS. The van der Waals surface area contributed by atoms with Crippen molar-refractivity contribution >= 4 is 11.3 Å². The van der Waals surface area contributed by atoms with Crippen molar-refractivity contribution in [2.24, 2.45) is 0 Å². The minimum atomic E-state index is 0.495. The summed E-state index contributed by atoms with van der Waals surface area (Å²) in [5.41, 5.74) is 1.52. The standard InChI is InChI=1S/C14H24N2OS/c1-3-6-15-9-13(11-17-2)16-7-4-14-12(10-16)5-8-18-14/h5,8,13,15H,3-4,6-7,9-11H2,1-2H3. The molecule has 1 atom stereocenters. The molecule has 1 aromatic heterocycles. The third-order valence-electron chi connectivity index (χ3n) is 3.52. The molecule has 2 heterocycles. The maximum Gasteiger partial charge on any atom is 0.0630 e. The molecule has 1 aliphatic heterocycles. The van der Waals surface area contributed by atoms with Crippen LogP contribution in [-0.4, -0.2) is 44.3 Å². The van der Waals surface area contributed by atoms with E-state index in [-0.39, 0.29) is 0 Å². The Morgan fingerprint density at radius 1 is 1.56 bits per heavy atom. The summed E-state index contributed by atoms with van der Waals surface area (Å²) in [7, 11) is 1.80. The lowest BCUT2D eigenvalue weighted by Crippen LogP contribution is -2.47. The van der Waals surface area contributed by atoms with E-state index in [1.165, 1.54) is 18.4 Å². The summed E-state index contributed by atoms with van der Waals surface area (Å²) in [6.07, 6.45) is 2.38. The molecule has 0 spiro atoms. The highest BCUT2D eigenvalue weighted by Gasteiger charge is 2.23.